The zero-order valence-corrected chi connectivity index (χ0v) is 15.1. The highest BCUT2D eigenvalue weighted by atomic mass is 16.3. The van der Waals surface area contributed by atoms with E-state index in [0.717, 1.165) is 36.9 Å². The highest BCUT2D eigenvalue weighted by Crippen LogP contribution is 2.28. The average Bonchev–Trinajstić information content (AvgIpc) is 2.99. The number of benzene rings is 1. The number of aryl methyl sites for hydroxylation is 2. The van der Waals surface area contributed by atoms with Crippen LogP contribution in [0.15, 0.2) is 18.2 Å². The molecule has 5 heteroatoms. The van der Waals surface area contributed by atoms with Gasteiger partial charge in [0.25, 0.3) is 0 Å². The second-order valence-electron chi connectivity index (χ2n) is 7.44. The second kappa shape index (κ2) is 7.56. The fraction of sp³-hybridized carbons (Fsp3) is 0.600. The fourth-order valence-corrected chi connectivity index (χ4v) is 3.97. The molecule has 0 bridgehead atoms. The summed E-state index contributed by atoms with van der Waals surface area (Å²) in [4.78, 5) is 27.1. The molecule has 0 radical (unpaired) electrons. The number of nitrogens with zero attached hydrogens (tertiary/aromatic N) is 1. The van der Waals surface area contributed by atoms with E-state index in [1.54, 1.807) is 4.90 Å². The number of hydrogen-bond donors (Lipinski definition) is 2. The lowest BCUT2D eigenvalue weighted by molar-refractivity contribution is -0.133. The van der Waals surface area contributed by atoms with Crippen molar-refractivity contribution in [3.8, 4) is 0 Å². The van der Waals surface area contributed by atoms with E-state index in [4.69, 9.17) is 0 Å². The molecule has 3 unspecified atom stereocenters. The summed E-state index contributed by atoms with van der Waals surface area (Å²) in [5, 5.41) is 12.5. The zero-order chi connectivity index (χ0) is 18.0. The van der Waals surface area contributed by atoms with Crippen LogP contribution in [0.4, 0.5) is 5.69 Å². The number of amides is 2. The Kier molecular flexibility index (Phi) is 5.42. The summed E-state index contributed by atoms with van der Waals surface area (Å²) in [5.74, 6) is -0.785. The van der Waals surface area contributed by atoms with Gasteiger partial charge in [0.2, 0.25) is 11.8 Å². The van der Waals surface area contributed by atoms with Gasteiger partial charge in [-0.2, -0.15) is 0 Å². The van der Waals surface area contributed by atoms with E-state index in [2.05, 4.69) is 5.32 Å². The maximum atomic E-state index is 12.8. The first kappa shape index (κ1) is 17.9. The van der Waals surface area contributed by atoms with Crippen LogP contribution in [0.1, 0.15) is 43.2 Å². The van der Waals surface area contributed by atoms with E-state index in [1.165, 1.54) is 5.56 Å². The van der Waals surface area contributed by atoms with Crippen molar-refractivity contribution in [2.75, 3.05) is 18.1 Å². The smallest absolute Gasteiger partial charge is 0.239 e. The topological polar surface area (TPSA) is 69.6 Å². The van der Waals surface area contributed by atoms with Crippen molar-refractivity contribution in [1.82, 2.24) is 5.32 Å². The van der Waals surface area contributed by atoms with Crippen molar-refractivity contribution < 1.29 is 14.7 Å². The van der Waals surface area contributed by atoms with E-state index in [9.17, 15) is 14.7 Å². The van der Waals surface area contributed by atoms with Crippen molar-refractivity contribution in [1.29, 1.82) is 0 Å². The minimum absolute atomic E-state index is 0.00489. The Labute approximate surface area is 149 Å². The molecule has 3 atom stereocenters. The van der Waals surface area contributed by atoms with E-state index in [-0.39, 0.29) is 30.4 Å². The summed E-state index contributed by atoms with van der Waals surface area (Å²) in [5.41, 5.74) is 3.21. The van der Waals surface area contributed by atoms with E-state index in [0.29, 0.717) is 13.0 Å². The highest BCUT2D eigenvalue weighted by Gasteiger charge is 2.39. The van der Waals surface area contributed by atoms with Gasteiger partial charge in [-0.1, -0.05) is 18.9 Å². The third-order valence-electron chi connectivity index (χ3n) is 5.80. The molecule has 136 valence electrons. The monoisotopic (exact) mass is 344 g/mol. The summed E-state index contributed by atoms with van der Waals surface area (Å²) in [6.45, 7) is 4.75. The van der Waals surface area contributed by atoms with E-state index in [1.807, 2.05) is 32.0 Å². The number of hydrogen-bond acceptors (Lipinski definition) is 3. The normalized spacial score (nSPS) is 26.8. The standard InChI is InChI=1S/C20H28N2O3/c1-13-7-8-16(11-14(13)2)22-10-9-17(20(22)25)19(24)21-18-6-4-3-5-15(18)12-23/h7-8,11,15,17-18,23H,3-6,9-10,12H2,1-2H3,(H,21,24). The van der Waals surface area contributed by atoms with Crippen LogP contribution in [0.25, 0.3) is 0 Å². The first-order valence-corrected chi connectivity index (χ1v) is 9.31. The van der Waals surface area contributed by atoms with Gasteiger partial charge in [-0.15, -0.1) is 0 Å². The molecule has 2 amide bonds. The van der Waals surface area contributed by atoms with Crippen LogP contribution < -0.4 is 10.2 Å². The largest absolute Gasteiger partial charge is 0.396 e. The molecule has 1 aromatic rings. The second-order valence-corrected chi connectivity index (χ2v) is 7.44. The SMILES string of the molecule is Cc1ccc(N2CCC(C(=O)NC3CCCCC3CO)C2=O)cc1C. The van der Waals surface area contributed by atoms with Crippen LogP contribution in [-0.4, -0.2) is 36.1 Å². The predicted octanol–water partition coefficient (Wildman–Crippen LogP) is 2.32. The number of carbonyl (C=O) groups is 2. The predicted molar refractivity (Wildman–Crippen MR) is 97.4 cm³/mol. The Morgan fingerprint density at radius 2 is 1.96 bits per heavy atom. The van der Waals surface area contributed by atoms with Gasteiger partial charge in [0, 0.05) is 30.8 Å². The molecular weight excluding hydrogens is 316 g/mol. The molecule has 5 nitrogen and oxygen atoms in total. The van der Waals surface area contributed by atoms with Crippen molar-refractivity contribution in [2.45, 2.75) is 52.0 Å². The lowest BCUT2D eigenvalue weighted by Gasteiger charge is -2.31. The van der Waals surface area contributed by atoms with E-state index >= 15 is 0 Å². The summed E-state index contributed by atoms with van der Waals surface area (Å²) >= 11 is 0. The van der Waals surface area contributed by atoms with Gasteiger partial charge in [-0.25, -0.2) is 0 Å². The number of carbonyl (C=O) groups excluding carboxylic acids is 2. The first-order valence-electron chi connectivity index (χ1n) is 9.31. The molecule has 0 spiro atoms. The van der Waals surface area contributed by atoms with Crippen LogP contribution in [0.5, 0.6) is 0 Å². The molecule has 1 saturated heterocycles. The minimum atomic E-state index is -0.608. The molecule has 3 rings (SSSR count). The van der Waals surface area contributed by atoms with E-state index < -0.39 is 5.92 Å². The molecule has 0 aromatic heterocycles. The van der Waals surface area contributed by atoms with Crippen LogP contribution in [0.3, 0.4) is 0 Å². The zero-order valence-electron chi connectivity index (χ0n) is 15.1. The van der Waals surface area contributed by atoms with Crippen LogP contribution >= 0.6 is 0 Å². The number of aliphatic hydroxyl groups excluding tert-OH is 1. The number of aliphatic hydroxyl groups is 1. The Bertz CT molecular complexity index is 658. The number of rotatable bonds is 4. The van der Waals surface area contributed by atoms with Crippen LogP contribution in [0, 0.1) is 25.7 Å². The molecule has 1 aliphatic carbocycles. The molecule has 2 fully saturated rings. The third kappa shape index (κ3) is 3.71. The van der Waals surface area contributed by atoms with Crippen LogP contribution in [0.2, 0.25) is 0 Å². The van der Waals surface area contributed by atoms with Gasteiger partial charge in [-0.3, -0.25) is 9.59 Å². The fourth-order valence-electron chi connectivity index (χ4n) is 3.97. The molecule has 1 saturated carbocycles. The quantitative estimate of drug-likeness (QED) is 0.824. The summed E-state index contributed by atoms with van der Waals surface area (Å²) in [7, 11) is 0. The summed E-state index contributed by atoms with van der Waals surface area (Å²) in [6, 6.07) is 5.97. The van der Waals surface area contributed by atoms with Gasteiger partial charge < -0.3 is 15.3 Å². The first-order chi connectivity index (χ1) is 12.0. The van der Waals surface area contributed by atoms with Gasteiger partial charge in [0.1, 0.15) is 5.92 Å². The Balaban J connectivity index is 1.66. The molecule has 25 heavy (non-hydrogen) atoms. The Hall–Kier alpha value is -1.88. The summed E-state index contributed by atoms with van der Waals surface area (Å²) in [6.07, 6.45) is 4.54. The molecule has 2 aliphatic rings. The molecule has 1 aliphatic heterocycles. The Morgan fingerprint density at radius 3 is 2.68 bits per heavy atom. The van der Waals surface area contributed by atoms with Gasteiger partial charge in [0.05, 0.1) is 0 Å². The molecular formula is C20H28N2O3. The van der Waals surface area contributed by atoms with Gasteiger partial charge in [0.15, 0.2) is 0 Å². The van der Waals surface area contributed by atoms with Crippen molar-refractivity contribution in [3.05, 3.63) is 29.3 Å². The van der Waals surface area contributed by atoms with Crippen molar-refractivity contribution in [2.24, 2.45) is 11.8 Å². The molecule has 1 heterocycles. The molecule has 1 aromatic carbocycles. The maximum absolute atomic E-state index is 12.8. The van der Waals surface area contributed by atoms with Crippen molar-refractivity contribution in [3.63, 3.8) is 0 Å². The van der Waals surface area contributed by atoms with Crippen molar-refractivity contribution >= 4 is 17.5 Å². The average molecular weight is 344 g/mol. The third-order valence-corrected chi connectivity index (χ3v) is 5.80. The van der Waals surface area contributed by atoms with Gasteiger partial charge >= 0.3 is 0 Å². The van der Waals surface area contributed by atoms with Crippen LogP contribution in [-0.2, 0) is 9.59 Å². The lowest BCUT2D eigenvalue weighted by Crippen LogP contribution is -2.47. The number of nitrogens with one attached hydrogen (secondary N) is 1. The Morgan fingerprint density at radius 1 is 1.20 bits per heavy atom. The highest BCUT2D eigenvalue weighted by molar-refractivity contribution is 6.09. The molecule has 2 N–H and O–H groups in total. The van der Waals surface area contributed by atoms with Gasteiger partial charge in [-0.05, 0) is 56.4 Å². The summed E-state index contributed by atoms with van der Waals surface area (Å²) < 4.78 is 0. The number of anilines is 1. The lowest BCUT2D eigenvalue weighted by atomic mass is 9.84. The minimum Gasteiger partial charge on any atom is -0.396 e. The maximum Gasteiger partial charge on any atom is 0.239 e.